The van der Waals surface area contributed by atoms with Gasteiger partial charge in [-0.2, -0.15) is 4.31 Å². The highest BCUT2D eigenvalue weighted by molar-refractivity contribution is 7.89. The summed E-state index contributed by atoms with van der Waals surface area (Å²) in [5.74, 6) is -0.0739. The van der Waals surface area contributed by atoms with Gasteiger partial charge in [0.1, 0.15) is 6.04 Å². The van der Waals surface area contributed by atoms with E-state index in [0.29, 0.717) is 32.5 Å². The molecule has 2 aliphatic heterocycles. The lowest BCUT2D eigenvalue weighted by Gasteiger charge is -2.40. The van der Waals surface area contributed by atoms with Crippen LogP contribution in [-0.4, -0.2) is 61.9 Å². The molecule has 0 unspecified atom stereocenters. The predicted molar refractivity (Wildman–Crippen MR) is 94.6 cm³/mol. The fraction of sp³-hybridized carbons (Fsp3) is 0.611. The van der Waals surface area contributed by atoms with Crippen molar-refractivity contribution in [1.29, 1.82) is 0 Å². The molecule has 0 spiro atoms. The number of hydrogen-bond acceptors (Lipinski definition) is 4. The van der Waals surface area contributed by atoms with Crippen molar-refractivity contribution in [3.63, 3.8) is 0 Å². The Balaban J connectivity index is 1.75. The summed E-state index contributed by atoms with van der Waals surface area (Å²) in [5, 5.41) is 0. The minimum Gasteiger partial charge on any atom is -0.378 e. The summed E-state index contributed by atoms with van der Waals surface area (Å²) in [6.07, 6.45) is 2.84. The number of piperidine rings is 1. The summed E-state index contributed by atoms with van der Waals surface area (Å²) in [7, 11) is -1.94. The normalized spacial score (nSPS) is 24.4. The quantitative estimate of drug-likeness (QED) is 0.816. The van der Waals surface area contributed by atoms with Crippen LogP contribution in [0.4, 0.5) is 0 Å². The zero-order chi connectivity index (χ0) is 18.1. The molecule has 2 fully saturated rings. The Kier molecular flexibility index (Phi) is 5.18. The molecule has 25 heavy (non-hydrogen) atoms. The van der Waals surface area contributed by atoms with E-state index >= 15 is 0 Å². The number of methoxy groups -OCH3 is 1. The van der Waals surface area contributed by atoms with E-state index in [-0.39, 0.29) is 16.4 Å². The molecule has 2 heterocycles. The predicted octanol–water partition coefficient (Wildman–Crippen LogP) is 1.87. The highest BCUT2D eigenvalue weighted by atomic mass is 32.2. The van der Waals surface area contributed by atoms with E-state index in [2.05, 4.69) is 6.92 Å². The monoisotopic (exact) mass is 366 g/mol. The maximum atomic E-state index is 13.0. The first-order valence-electron chi connectivity index (χ1n) is 8.78. The second-order valence-corrected chi connectivity index (χ2v) is 8.96. The summed E-state index contributed by atoms with van der Waals surface area (Å²) >= 11 is 0. The summed E-state index contributed by atoms with van der Waals surface area (Å²) in [6.45, 7) is 3.67. The van der Waals surface area contributed by atoms with E-state index in [1.165, 1.54) is 4.31 Å². The number of likely N-dealkylation sites (tertiary alicyclic amines) is 1. The van der Waals surface area contributed by atoms with Gasteiger partial charge in [-0.3, -0.25) is 4.79 Å². The molecule has 0 radical (unpaired) electrons. The Morgan fingerprint density at radius 3 is 2.40 bits per heavy atom. The van der Waals surface area contributed by atoms with Gasteiger partial charge in [0.15, 0.2) is 0 Å². The highest BCUT2D eigenvalue weighted by Crippen LogP contribution is 2.30. The molecule has 138 valence electrons. The number of hydrogen-bond donors (Lipinski definition) is 0. The van der Waals surface area contributed by atoms with Crippen molar-refractivity contribution in [2.24, 2.45) is 0 Å². The Labute approximate surface area is 149 Å². The third-order valence-electron chi connectivity index (χ3n) is 5.46. The third-order valence-corrected chi connectivity index (χ3v) is 7.39. The molecule has 2 aliphatic rings. The first-order valence-corrected chi connectivity index (χ1v) is 10.2. The number of rotatable bonds is 4. The summed E-state index contributed by atoms with van der Waals surface area (Å²) in [5.41, 5.74) is -0.192. The van der Waals surface area contributed by atoms with Gasteiger partial charge in [-0.15, -0.1) is 0 Å². The van der Waals surface area contributed by atoms with Crippen LogP contribution in [0.15, 0.2) is 35.2 Å². The van der Waals surface area contributed by atoms with E-state index in [1.54, 1.807) is 42.3 Å². The van der Waals surface area contributed by atoms with Crippen molar-refractivity contribution < 1.29 is 17.9 Å². The van der Waals surface area contributed by atoms with Crippen LogP contribution in [0.2, 0.25) is 0 Å². The van der Waals surface area contributed by atoms with Gasteiger partial charge in [0.05, 0.1) is 10.5 Å². The van der Waals surface area contributed by atoms with E-state index < -0.39 is 16.1 Å². The smallest absolute Gasteiger partial charge is 0.243 e. The van der Waals surface area contributed by atoms with Crippen LogP contribution in [-0.2, 0) is 19.6 Å². The summed E-state index contributed by atoms with van der Waals surface area (Å²) < 4.78 is 32.7. The maximum absolute atomic E-state index is 13.0. The number of carbonyl (C=O) groups is 1. The average Bonchev–Trinajstić information content (AvgIpc) is 3.13. The molecule has 0 bridgehead atoms. The number of amides is 1. The van der Waals surface area contributed by atoms with E-state index in [4.69, 9.17) is 4.74 Å². The summed E-state index contributed by atoms with van der Waals surface area (Å²) in [4.78, 5) is 15.0. The number of ether oxygens (including phenoxy) is 1. The van der Waals surface area contributed by atoms with Crippen molar-refractivity contribution >= 4 is 15.9 Å². The Hall–Kier alpha value is -1.44. The molecule has 0 aliphatic carbocycles. The van der Waals surface area contributed by atoms with Gasteiger partial charge in [0.25, 0.3) is 0 Å². The van der Waals surface area contributed by atoms with Gasteiger partial charge < -0.3 is 9.64 Å². The molecule has 1 atom stereocenters. The molecule has 0 saturated carbocycles. The standard InChI is InChI=1S/C18H26N2O4S/c1-18(24-2)10-13-19(14-11-18)17(21)16-9-6-12-20(16)25(22,23)15-7-4-3-5-8-15/h3-5,7-8,16H,6,9-14H2,1-2H3/t16-/m1/s1. The SMILES string of the molecule is COC1(C)CCN(C(=O)[C@H]2CCCN2S(=O)(=O)c2ccccc2)CC1. The van der Waals surface area contributed by atoms with Crippen molar-refractivity contribution in [3.8, 4) is 0 Å². The Bertz CT molecular complexity index is 712. The van der Waals surface area contributed by atoms with Crippen LogP contribution in [0.1, 0.15) is 32.6 Å². The first-order chi connectivity index (χ1) is 11.9. The molecule has 1 aromatic carbocycles. The zero-order valence-electron chi connectivity index (χ0n) is 14.8. The number of sulfonamides is 1. The van der Waals surface area contributed by atoms with E-state index in [1.807, 2.05) is 0 Å². The molecule has 2 saturated heterocycles. The maximum Gasteiger partial charge on any atom is 0.243 e. The Morgan fingerprint density at radius 2 is 1.80 bits per heavy atom. The van der Waals surface area contributed by atoms with Gasteiger partial charge in [0, 0.05) is 26.7 Å². The number of benzene rings is 1. The van der Waals surface area contributed by atoms with Crippen LogP contribution >= 0.6 is 0 Å². The van der Waals surface area contributed by atoms with Crippen LogP contribution in [0, 0.1) is 0 Å². The second-order valence-electron chi connectivity index (χ2n) is 7.07. The number of nitrogens with zero attached hydrogens (tertiary/aromatic N) is 2. The lowest BCUT2D eigenvalue weighted by Crippen LogP contribution is -2.52. The second kappa shape index (κ2) is 7.05. The molecule has 0 aromatic heterocycles. The van der Waals surface area contributed by atoms with Crippen molar-refractivity contribution in [2.75, 3.05) is 26.7 Å². The minimum atomic E-state index is -3.64. The van der Waals surface area contributed by atoms with Crippen molar-refractivity contribution in [3.05, 3.63) is 30.3 Å². The van der Waals surface area contributed by atoms with Gasteiger partial charge in [-0.1, -0.05) is 18.2 Å². The van der Waals surface area contributed by atoms with Crippen molar-refractivity contribution in [2.45, 2.75) is 49.1 Å². The van der Waals surface area contributed by atoms with Crippen LogP contribution in [0.25, 0.3) is 0 Å². The third kappa shape index (κ3) is 3.59. The molecule has 6 nitrogen and oxygen atoms in total. The van der Waals surface area contributed by atoms with E-state index in [0.717, 1.165) is 12.8 Å². The molecular formula is C18H26N2O4S. The topological polar surface area (TPSA) is 66.9 Å². The lowest BCUT2D eigenvalue weighted by atomic mass is 9.93. The molecule has 7 heteroatoms. The molecule has 3 rings (SSSR count). The van der Waals surface area contributed by atoms with Crippen LogP contribution in [0.5, 0.6) is 0 Å². The van der Waals surface area contributed by atoms with Gasteiger partial charge in [0.2, 0.25) is 15.9 Å². The lowest BCUT2D eigenvalue weighted by molar-refractivity contribution is -0.139. The minimum absolute atomic E-state index is 0.0739. The van der Waals surface area contributed by atoms with Gasteiger partial charge >= 0.3 is 0 Å². The fourth-order valence-electron chi connectivity index (χ4n) is 3.62. The molecule has 0 N–H and O–H groups in total. The average molecular weight is 366 g/mol. The fourth-order valence-corrected chi connectivity index (χ4v) is 5.29. The van der Waals surface area contributed by atoms with Crippen molar-refractivity contribution in [1.82, 2.24) is 9.21 Å². The number of carbonyl (C=O) groups excluding carboxylic acids is 1. The van der Waals surface area contributed by atoms with Crippen LogP contribution in [0.3, 0.4) is 0 Å². The van der Waals surface area contributed by atoms with Crippen LogP contribution < -0.4 is 0 Å². The van der Waals surface area contributed by atoms with Gasteiger partial charge in [-0.25, -0.2) is 8.42 Å². The first kappa shape index (κ1) is 18.4. The molecular weight excluding hydrogens is 340 g/mol. The molecule has 1 aromatic rings. The zero-order valence-corrected chi connectivity index (χ0v) is 15.7. The summed E-state index contributed by atoms with van der Waals surface area (Å²) in [6, 6.07) is 7.77. The Morgan fingerprint density at radius 1 is 1.16 bits per heavy atom. The highest BCUT2D eigenvalue weighted by Gasteiger charge is 2.42. The largest absolute Gasteiger partial charge is 0.378 e. The molecule has 1 amide bonds. The van der Waals surface area contributed by atoms with Gasteiger partial charge in [-0.05, 0) is 44.7 Å². The van der Waals surface area contributed by atoms with E-state index in [9.17, 15) is 13.2 Å².